The Hall–Kier alpha value is -1.62. The summed E-state index contributed by atoms with van der Waals surface area (Å²) in [6.45, 7) is 11.3. The molecule has 0 aromatic carbocycles. The third kappa shape index (κ3) is 2.79. The first kappa shape index (κ1) is 12.8. The first-order valence-electron chi connectivity index (χ1n) is 6.16. The van der Waals surface area contributed by atoms with E-state index >= 15 is 0 Å². The van der Waals surface area contributed by atoms with E-state index in [1.54, 1.807) is 0 Å². The van der Waals surface area contributed by atoms with Crippen LogP contribution in [0.4, 0.5) is 0 Å². The second-order valence-corrected chi connectivity index (χ2v) is 4.55. The molecule has 1 aliphatic rings. The zero-order valence-corrected chi connectivity index (χ0v) is 11.0. The standard InChI is InChI=1S/C13H19N3O2/c1-4-13(17)16-7-5-15(6-8-16)9-12-14-10(2)11(3)18-12/h4H,1,5-9H2,2-3H3. The fraction of sp³-hybridized carbons (Fsp3) is 0.538. The summed E-state index contributed by atoms with van der Waals surface area (Å²) in [6, 6.07) is 0. The number of hydrogen-bond donors (Lipinski definition) is 0. The molecule has 1 aromatic rings. The molecule has 5 nitrogen and oxygen atoms in total. The summed E-state index contributed by atoms with van der Waals surface area (Å²) in [6.07, 6.45) is 1.37. The molecule has 1 aliphatic heterocycles. The van der Waals surface area contributed by atoms with Crippen LogP contribution in [0.2, 0.25) is 0 Å². The number of amides is 1. The summed E-state index contributed by atoms with van der Waals surface area (Å²) in [7, 11) is 0. The van der Waals surface area contributed by atoms with Crippen LogP contribution in [0.25, 0.3) is 0 Å². The summed E-state index contributed by atoms with van der Waals surface area (Å²) in [5.41, 5.74) is 0.950. The zero-order chi connectivity index (χ0) is 13.1. The van der Waals surface area contributed by atoms with E-state index in [0.717, 1.165) is 43.5 Å². The summed E-state index contributed by atoms with van der Waals surface area (Å²) in [5, 5.41) is 0. The van der Waals surface area contributed by atoms with Crippen molar-refractivity contribution in [2.45, 2.75) is 20.4 Å². The van der Waals surface area contributed by atoms with Crippen LogP contribution in [0.3, 0.4) is 0 Å². The minimum atomic E-state index is 0.0115. The molecular weight excluding hydrogens is 230 g/mol. The third-order valence-electron chi connectivity index (χ3n) is 3.29. The van der Waals surface area contributed by atoms with Gasteiger partial charge >= 0.3 is 0 Å². The van der Waals surface area contributed by atoms with Gasteiger partial charge in [-0.2, -0.15) is 0 Å². The lowest BCUT2D eigenvalue weighted by molar-refractivity contribution is -0.127. The van der Waals surface area contributed by atoms with Crippen molar-refractivity contribution < 1.29 is 9.21 Å². The summed E-state index contributed by atoms with van der Waals surface area (Å²) in [5.74, 6) is 1.65. The number of aromatic nitrogens is 1. The van der Waals surface area contributed by atoms with Crippen molar-refractivity contribution in [2.75, 3.05) is 26.2 Å². The highest BCUT2D eigenvalue weighted by Gasteiger charge is 2.20. The van der Waals surface area contributed by atoms with Crippen LogP contribution in [0, 0.1) is 13.8 Å². The van der Waals surface area contributed by atoms with Crippen LogP contribution in [0.5, 0.6) is 0 Å². The fourth-order valence-corrected chi connectivity index (χ4v) is 2.05. The van der Waals surface area contributed by atoms with E-state index in [4.69, 9.17) is 4.42 Å². The van der Waals surface area contributed by atoms with Gasteiger partial charge in [-0.05, 0) is 19.9 Å². The number of piperazine rings is 1. The van der Waals surface area contributed by atoms with E-state index in [0.29, 0.717) is 6.54 Å². The normalized spacial score (nSPS) is 16.9. The molecule has 98 valence electrons. The molecule has 5 heteroatoms. The maximum Gasteiger partial charge on any atom is 0.246 e. The van der Waals surface area contributed by atoms with Gasteiger partial charge in [-0.1, -0.05) is 6.58 Å². The molecule has 2 rings (SSSR count). The van der Waals surface area contributed by atoms with Crippen LogP contribution < -0.4 is 0 Å². The first-order valence-corrected chi connectivity index (χ1v) is 6.16. The molecular formula is C13H19N3O2. The summed E-state index contributed by atoms with van der Waals surface area (Å²) in [4.78, 5) is 19.9. The van der Waals surface area contributed by atoms with Crippen molar-refractivity contribution in [3.63, 3.8) is 0 Å². The van der Waals surface area contributed by atoms with Gasteiger partial charge in [0.25, 0.3) is 0 Å². The lowest BCUT2D eigenvalue weighted by Crippen LogP contribution is -2.47. The minimum Gasteiger partial charge on any atom is -0.444 e. The maximum atomic E-state index is 11.4. The SMILES string of the molecule is C=CC(=O)N1CCN(Cc2nc(C)c(C)o2)CC1. The molecule has 0 unspecified atom stereocenters. The fourth-order valence-electron chi connectivity index (χ4n) is 2.05. The molecule has 0 N–H and O–H groups in total. The zero-order valence-electron chi connectivity index (χ0n) is 11.0. The van der Waals surface area contributed by atoms with E-state index in [9.17, 15) is 4.79 Å². The van der Waals surface area contributed by atoms with E-state index in [1.165, 1.54) is 6.08 Å². The van der Waals surface area contributed by atoms with Crippen LogP contribution in [-0.4, -0.2) is 46.9 Å². The average molecular weight is 249 g/mol. The highest BCUT2D eigenvalue weighted by Crippen LogP contribution is 2.12. The van der Waals surface area contributed by atoms with Gasteiger partial charge in [0.2, 0.25) is 11.8 Å². The number of hydrogen-bond acceptors (Lipinski definition) is 4. The van der Waals surface area contributed by atoms with Gasteiger partial charge in [-0.15, -0.1) is 0 Å². The van der Waals surface area contributed by atoms with Gasteiger partial charge in [-0.3, -0.25) is 9.69 Å². The molecule has 0 bridgehead atoms. The van der Waals surface area contributed by atoms with Gasteiger partial charge in [0.05, 0.1) is 12.2 Å². The highest BCUT2D eigenvalue weighted by atomic mass is 16.4. The van der Waals surface area contributed by atoms with Crippen LogP contribution in [0.1, 0.15) is 17.3 Å². The molecule has 1 amide bonds. The van der Waals surface area contributed by atoms with Crippen LogP contribution in [0.15, 0.2) is 17.1 Å². The molecule has 0 aliphatic carbocycles. The van der Waals surface area contributed by atoms with E-state index < -0.39 is 0 Å². The van der Waals surface area contributed by atoms with Crippen molar-refractivity contribution >= 4 is 5.91 Å². The molecule has 0 radical (unpaired) electrons. The Balaban J connectivity index is 1.87. The Morgan fingerprint density at radius 2 is 2.06 bits per heavy atom. The van der Waals surface area contributed by atoms with Crippen molar-refractivity contribution in [3.05, 3.63) is 30.0 Å². The van der Waals surface area contributed by atoms with Gasteiger partial charge in [0, 0.05) is 26.2 Å². The predicted molar refractivity (Wildman–Crippen MR) is 68.0 cm³/mol. The second-order valence-electron chi connectivity index (χ2n) is 4.55. The molecule has 18 heavy (non-hydrogen) atoms. The van der Waals surface area contributed by atoms with E-state index in [1.807, 2.05) is 18.7 Å². The van der Waals surface area contributed by atoms with Crippen LogP contribution >= 0.6 is 0 Å². The van der Waals surface area contributed by atoms with Crippen molar-refractivity contribution in [3.8, 4) is 0 Å². The molecule has 1 aromatic heterocycles. The summed E-state index contributed by atoms with van der Waals surface area (Å²) >= 11 is 0. The lowest BCUT2D eigenvalue weighted by Gasteiger charge is -2.33. The monoisotopic (exact) mass is 249 g/mol. The first-order chi connectivity index (χ1) is 8.60. The summed E-state index contributed by atoms with van der Waals surface area (Å²) < 4.78 is 5.56. The smallest absolute Gasteiger partial charge is 0.246 e. The lowest BCUT2D eigenvalue weighted by atomic mass is 10.3. The average Bonchev–Trinajstić information content (AvgIpc) is 2.68. The number of carbonyl (C=O) groups excluding carboxylic acids is 1. The predicted octanol–water partition coefficient (Wildman–Crippen LogP) is 1.12. The Morgan fingerprint density at radius 1 is 1.39 bits per heavy atom. The van der Waals surface area contributed by atoms with Gasteiger partial charge < -0.3 is 9.32 Å². The van der Waals surface area contributed by atoms with Gasteiger partial charge in [0.15, 0.2) is 0 Å². The van der Waals surface area contributed by atoms with Gasteiger partial charge in [0.1, 0.15) is 5.76 Å². The van der Waals surface area contributed by atoms with Crippen molar-refractivity contribution in [1.82, 2.24) is 14.8 Å². The highest BCUT2D eigenvalue weighted by molar-refractivity contribution is 5.87. The third-order valence-corrected chi connectivity index (χ3v) is 3.29. The van der Waals surface area contributed by atoms with Gasteiger partial charge in [-0.25, -0.2) is 4.98 Å². The van der Waals surface area contributed by atoms with E-state index in [2.05, 4.69) is 16.5 Å². The van der Waals surface area contributed by atoms with Crippen molar-refractivity contribution in [1.29, 1.82) is 0 Å². The number of carbonyl (C=O) groups is 1. The Labute approximate surface area is 107 Å². The number of nitrogens with zero attached hydrogens (tertiary/aromatic N) is 3. The number of rotatable bonds is 3. The number of aryl methyl sites for hydroxylation is 2. The molecule has 0 atom stereocenters. The Morgan fingerprint density at radius 3 is 2.56 bits per heavy atom. The largest absolute Gasteiger partial charge is 0.444 e. The van der Waals surface area contributed by atoms with Crippen LogP contribution in [-0.2, 0) is 11.3 Å². The molecule has 1 saturated heterocycles. The Kier molecular flexibility index (Phi) is 3.81. The molecule has 1 fully saturated rings. The molecule has 0 spiro atoms. The minimum absolute atomic E-state index is 0.0115. The molecule has 0 saturated carbocycles. The maximum absolute atomic E-state index is 11.4. The topological polar surface area (TPSA) is 49.6 Å². The molecule has 2 heterocycles. The second kappa shape index (κ2) is 5.35. The van der Waals surface area contributed by atoms with Crippen molar-refractivity contribution in [2.24, 2.45) is 0 Å². The number of oxazole rings is 1. The van der Waals surface area contributed by atoms with E-state index in [-0.39, 0.29) is 5.91 Å². The quantitative estimate of drug-likeness (QED) is 0.753. The Bertz CT molecular complexity index is 426.